The molecule has 206 valence electrons. The van der Waals surface area contributed by atoms with Crippen LogP contribution in [-0.2, 0) is 23.4 Å². The number of ether oxygens (including phenoxy) is 1. The van der Waals surface area contributed by atoms with Crippen molar-refractivity contribution in [2.45, 2.75) is 36.6 Å². The number of quaternary nitrogens is 2. The smallest absolute Gasteiger partial charge is 0.364 e. The van der Waals surface area contributed by atoms with Gasteiger partial charge in [0.15, 0.2) is 18.5 Å². The van der Waals surface area contributed by atoms with Crippen LogP contribution in [0.5, 0.6) is 0 Å². The zero-order valence-electron chi connectivity index (χ0n) is 18.6. The van der Waals surface area contributed by atoms with Crippen molar-refractivity contribution in [3.05, 3.63) is 30.1 Å². The molecular weight excluding hydrogens is 517 g/mol. The van der Waals surface area contributed by atoms with E-state index in [0.717, 1.165) is 6.20 Å². The molecule has 1 aromatic rings. The molecule has 18 nitrogen and oxygen atoms in total. The first-order valence-corrected chi connectivity index (χ1v) is 11.3. The first kappa shape index (κ1) is 33.4. The van der Waals surface area contributed by atoms with Gasteiger partial charge in [0, 0.05) is 6.07 Å². The van der Waals surface area contributed by atoms with Gasteiger partial charge in [-0.05, 0) is 6.07 Å². The van der Waals surface area contributed by atoms with Crippen LogP contribution in [0.4, 0.5) is 0 Å². The van der Waals surface area contributed by atoms with Crippen LogP contribution in [0.1, 0.15) is 16.6 Å². The molecule has 0 unspecified atom stereocenters. The molecule has 1 saturated heterocycles. The first-order valence-electron chi connectivity index (χ1n) is 9.79. The molecule has 1 aromatic heterocycles. The highest BCUT2D eigenvalue weighted by Gasteiger charge is 2.48. The van der Waals surface area contributed by atoms with Crippen LogP contribution in [0.15, 0.2) is 24.5 Å². The summed E-state index contributed by atoms with van der Waals surface area (Å²) in [6, 6.07) is 0.871. The van der Waals surface area contributed by atoms with Crippen LogP contribution in [0, 0.1) is 0 Å². The standard InChI is InChI=1S/C11H14NO9P.2C3H7NO3/c13-8-7(5-20-22(17,18)19)21-10(9(8)14)12-3-1-2-6(4-12)11(15)16;2*4-2(1-5)3(6)7/h1-4,7-10,13-14H,5H2,(H2-,15,16,17,18,19);2*2,5H,1,4H2,(H,6,7)/t7-,8-,9-,10-;2*2-/m100/s1. The van der Waals surface area contributed by atoms with Gasteiger partial charge in [-0.1, -0.05) is 0 Å². The highest BCUT2D eigenvalue weighted by Crippen LogP contribution is 2.30. The second kappa shape index (κ2) is 15.5. The fourth-order valence-electron chi connectivity index (χ4n) is 2.21. The Hall–Kier alpha value is -2.61. The number of carboxylic acid groups (broad SMARTS) is 3. The van der Waals surface area contributed by atoms with Gasteiger partial charge in [0.25, 0.3) is 6.23 Å². The molecule has 1 fully saturated rings. The molecule has 2 heterocycles. The third-order valence-corrected chi connectivity index (χ3v) is 4.69. The lowest BCUT2D eigenvalue weighted by Gasteiger charge is -2.30. The van der Waals surface area contributed by atoms with Crippen LogP contribution < -0.4 is 30.9 Å². The number of aliphatic hydroxyl groups excluding tert-OH is 4. The number of carbonyl (C=O) groups is 3. The number of phosphoric acid groups is 1. The second-order valence-corrected chi connectivity index (χ2v) is 8.20. The lowest BCUT2D eigenvalue weighted by Crippen LogP contribution is -2.66. The van der Waals surface area contributed by atoms with Crippen LogP contribution >= 0.6 is 7.82 Å². The number of aliphatic hydroxyl groups is 4. The number of aliphatic carboxylic acids is 2. The summed E-state index contributed by atoms with van der Waals surface area (Å²) < 4.78 is 20.8. The van der Waals surface area contributed by atoms with E-state index in [1.807, 2.05) is 0 Å². The summed E-state index contributed by atoms with van der Waals surface area (Å²) in [4.78, 5) is 51.0. The van der Waals surface area contributed by atoms with Gasteiger partial charge in [0.1, 0.15) is 25.4 Å². The summed E-state index contributed by atoms with van der Waals surface area (Å²) in [5.74, 6) is -3.58. The highest BCUT2D eigenvalue weighted by molar-refractivity contribution is 7.43. The molecule has 0 radical (unpaired) electrons. The Morgan fingerprint density at radius 3 is 1.94 bits per heavy atom. The van der Waals surface area contributed by atoms with E-state index < -0.39 is 82.2 Å². The fraction of sp³-hybridized carbons (Fsp3) is 0.529. The van der Waals surface area contributed by atoms with Gasteiger partial charge in [-0.25, -0.2) is 9.59 Å². The van der Waals surface area contributed by atoms with Gasteiger partial charge in [-0.2, -0.15) is 4.57 Å². The van der Waals surface area contributed by atoms with E-state index in [0.29, 0.717) is 0 Å². The maximum Gasteiger partial charge on any atom is 0.364 e. The maximum atomic E-state index is 10.8. The normalized spacial score (nSPS) is 22.8. The summed E-state index contributed by atoms with van der Waals surface area (Å²) in [5.41, 5.74) is 6.03. The lowest BCUT2D eigenvalue weighted by atomic mass is 10.1. The lowest BCUT2D eigenvalue weighted by molar-refractivity contribution is -0.765. The third kappa shape index (κ3) is 11.9. The van der Waals surface area contributed by atoms with Crippen molar-refractivity contribution in [2.75, 3.05) is 19.8 Å². The van der Waals surface area contributed by atoms with E-state index >= 15 is 0 Å². The number of rotatable bonds is 9. The van der Waals surface area contributed by atoms with Crippen molar-refractivity contribution >= 4 is 25.7 Å². The molecule has 0 aliphatic carbocycles. The molecule has 1 aliphatic heterocycles. The fourth-order valence-corrected chi connectivity index (χ4v) is 2.54. The second-order valence-electron chi connectivity index (χ2n) is 7.05. The number of hydrogen-bond donors (Lipinski definition) is 8. The van der Waals surface area contributed by atoms with Gasteiger partial charge < -0.3 is 75.6 Å². The van der Waals surface area contributed by atoms with Crippen molar-refractivity contribution in [2.24, 2.45) is 0 Å². The van der Waals surface area contributed by atoms with E-state index in [4.69, 9.17) is 25.2 Å². The minimum atomic E-state index is -5.24. The predicted octanol–water partition coefficient (Wildman–Crippen LogP) is -8.85. The molecule has 36 heavy (non-hydrogen) atoms. The van der Waals surface area contributed by atoms with Crippen molar-refractivity contribution in [3.8, 4) is 0 Å². The maximum absolute atomic E-state index is 10.8. The molecule has 0 saturated carbocycles. The Morgan fingerprint density at radius 2 is 1.58 bits per heavy atom. The predicted molar refractivity (Wildman–Crippen MR) is 103 cm³/mol. The van der Waals surface area contributed by atoms with E-state index in [2.05, 4.69) is 16.0 Å². The van der Waals surface area contributed by atoms with Crippen LogP contribution in [0.2, 0.25) is 0 Å². The Morgan fingerprint density at radius 1 is 1.08 bits per heavy atom. The molecule has 19 heteroatoms. The summed E-state index contributed by atoms with van der Waals surface area (Å²) >= 11 is 0. The zero-order chi connectivity index (χ0) is 28.2. The molecular formula is C17H28N3O15P. The van der Waals surface area contributed by atoms with Crippen molar-refractivity contribution in [3.63, 3.8) is 0 Å². The van der Waals surface area contributed by atoms with Gasteiger partial charge in [0.2, 0.25) is 12.1 Å². The monoisotopic (exact) mass is 545 g/mol. The van der Waals surface area contributed by atoms with Crippen molar-refractivity contribution in [1.82, 2.24) is 0 Å². The number of phosphoric ester groups is 1. The number of carbonyl (C=O) groups excluding carboxylic acids is 1. The Kier molecular flexibility index (Phi) is 14.4. The minimum absolute atomic E-state index is 0.184. The van der Waals surface area contributed by atoms with Crippen molar-refractivity contribution < 1.29 is 89.8 Å². The SMILES string of the molecule is O=C([O-])c1ccc[n+]([C@@H]2O[C@H](COP(=O)([O-])[O-])[C@@H](O)[C@H]2O)c1.[NH3+][C@@H](CO)C(=O)O.[NH3+][C@@H](CO)C(=O)O. The summed E-state index contributed by atoms with van der Waals surface area (Å²) in [7, 11) is -5.24. The topological polar surface area (TPSA) is 336 Å². The van der Waals surface area contributed by atoms with E-state index in [-0.39, 0.29) is 5.56 Å². The molecule has 0 bridgehead atoms. The molecule has 2 rings (SSSR count). The van der Waals surface area contributed by atoms with Crippen LogP contribution in [0.3, 0.4) is 0 Å². The van der Waals surface area contributed by atoms with Crippen LogP contribution in [-0.4, -0.2) is 98.8 Å². The molecule has 0 amide bonds. The Bertz CT molecular complexity index is 893. The van der Waals surface area contributed by atoms with Crippen molar-refractivity contribution in [1.29, 1.82) is 0 Å². The Balaban J connectivity index is 0.000000720. The first-order chi connectivity index (χ1) is 16.5. The number of pyridine rings is 1. The van der Waals surface area contributed by atoms with Gasteiger partial charge in [-0.3, -0.25) is 0 Å². The van der Waals surface area contributed by atoms with E-state index in [1.165, 1.54) is 22.9 Å². The number of nitrogens with zero attached hydrogens (tertiary/aromatic N) is 1. The number of carboxylic acids is 3. The molecule has 6 atom stereocenters. The third-order valence-electron chi connectivity index (χ3n) is 4.23. The molecule has 0 aromatic carbocycles. The highest BCUT2D eigenvalue weighted by atomic mass is 31.2. The van der Waals surface area contributed by atoms with Gasteiger partial charge >= 0.3 is 11.9 Å². The number of hydrogen-bond acceptors (Lipinski definition) is 13. The average molecular weight is 545 g/mol. The average Bonchev–Trinajstić information content (AvgIpc) is 3.10. The quantitative estimate of drug-likeness (QED) is 0.105. The zero-order valence-corrected chi connectivity index (χ0v) is 19.5. The molecule has 0 spiro atoms. The Labute approximate surface area is 202 Å². The van der Waals surface area contributed by atoms with E-state index in [1.54, 1.807) is 0 Å². The number of aromatic nitrogens is 1. The largest absolute Gasteiger partial charge is 0.790 e. The van der Waals surface area contributed by atoms with Crippen LogP contribution in [0.25, 0.3) is 0 Å². The minimum Gasteiger partial charge on any atom is -0.790 e. The summed E-state index contributed by atoms with van der Waals surface area (Å²) in [6.45, 7) is -1.55. The summed E-state index contributed by atoms with van der Waals surface area (Å²) in [5, 5.41) is 62.5. The van der Waals surface area contributed by atoms with E-state index in [9.17, 15) is 44.1 Å². The molecule has 1 aliphatic rings. The number of aromatic carboxylic acids is 1. The summed E-state index contributed by atoms with van der Waals surface area (Å²) in [6.07, 6.45) is -2.95. The van der Waals surface area contributed by atoms with Gasteiger partial charge in [-0.15, -0.1) is 0 Å². The molecule has 12 N–H and O–H groups in total. The van der Waals surface area contributed by atoms with Gasteiger partial charge in [0.05, 0.1) is 26.0 Å².